The summed E-state index contributed by atoms with van der Waals surface area (Å²) in [6.45, 7) is 2.51. The maximum atomic E-state index is 13.4. The molecular weight excluding hydrogens is 337 g/mol. The van der Waals surface area contributed by atoms with E-state index in [2.05, 4.69) is 47.8 Å². The van der Waals surface area contributed by atoms with Crippen LogP contribution in [0.4, 0.5) is 4.39 Å². The standard InChI is InChI=1S/C24H24FNO/c25-21-12-10-19(11-13-21)22-9-5-4-8-20(22)16-23(18-6-2-1-3-7-18)24-17-26-14-15-27-24/h1-13,23-24,26H,14-17H2/t23-,24+/m0/s1. The molecule has 1 aliphatic rings. The minimum Gasteiger partial charge on any atom is -0.375 e. The number of ether oxygens (including phenoxy) is 1. The Morgan fingerprint density at radius 2 is 1.67 bits per heavy atom. The molecule has 1 heterocycles. The molecule has 138 valence electrons. The van der Waals surface area contributed by atoms with Gasteiger partial charge in [0.05, 0.1) is 12.7 Å². The molecular formula is C24H24FNO. The second-order valence-electron chi connectivity index (χ2n) is 7.00. The van der Waals surface area contributed by atoms with Crippen LogP contribution >= 0.6 is 0 Å². The van der Waals surface area contributed by atoms with Crippen LogP contribution in [-0.2, 0) is 11.2 Å². The summed E-state index contributed by atoms with van der Waals surface area (Å²) in [7, 11) is 0. The van der Waals surface area contributed by atoms with Gasteiger partial charge in [-0.3, -0.25) is 0 Å². The van der Waals surface area contributed by atoms with Crippen LogP contribution in [0.5, 0.6) is 0 Å². The molecule has 1 aliphatic heterocycles. The van der Waals surface area contributed by atoms with Crippen molar-refractivity contribution in [1.29, 1.82) is 0 Å². The Morgan fingerprint density at radius 3 is 2.41 bits per heavy atom. The summed E-state index contributed by atoms with van der Waals surface area (Å²) >= 11 is 0. The fourth-order valence-corrected chi connectivity index (χ4v) is 3.85. The maximum absolute atomic E-state index is 13.4. The lowest BCUT2D eigenvalue weighted by molar-refractivity contribution is 0.0110. The first-order valence-corrected chi connectivity index (χ1v) is 9.52. The normalized spacial score (nSPS) is 18.2. The SMILES string of the molecule is Fc1ccc(-c2ccccc2C[C@@H](c2ccccc2)[C@H]2CNCCO2)cc1. The predicted molar refractivity (Wildman–Crippen MR) is 107 cm³/mol. The number of nitrogens with one attached hydrogen (secondary N) is 1. The number of benzene rings is 3. The van der Waals surface area contributed by atoms with Crippen LogP contribution in [-0.4, -0.2) is 25.8 Å². The lowest BCUT2D eigenvalue weighted by Gasteiger charge is -2.32. The van der Waals surface area contributed by atoms with Gasteiger partial charge in [-0.25, -0.2) is 4.39 Å². The predicted octanol–water partition coefficient (Wildman–Crippen LogP) is 4.81. The van der Waals surface area contributed by atoms with E-state index in [-0.39, 0.29) is 17.8 Å². The number of halogens is 1. The van der Waals surface area contributed by atoms with Crippen LogP contribution in [0.2, 0.25) is 0 Å². The summed E-state index contributed by atoms with van der Waals surface area (Å²) < 4.78 is 19.5. The third-order valence-corrected chi connectivity index (χ3v) is 5.25. The molecule has 0 aliphatic carbocycles. The van der Waals surface area contributed by atoms with Crippen molar-refractivity contribution in [1.82, 2.24) is 5.32 Å². The van der Waals surface area contributed by atoms with E-state index in [9.17, 15) is 4.39 Å². The minimum absolute atomic E-state index is 0.141. The molecule has 0 unspecified atom stereocenters. The van der Waals surface area contributed by atoms with Crippen molar-refractivity contribution in [3.63, 3.8) is 0 Å². The van der Waals surface area contributed by atoms with Crippen LogP contribution in [0, 0.1) is 5.82 Å². The number of hydrogen-bond donors (Lipinski definition) is 1. The highest BCUT2D eigenvalue weighted by atomic mass is 19.1. The van der Waals surface area contributed by atoms with Gasteiger partial charge in [-0.05, 0) is 40.8 Å². The summed E-state index contributed by atoms with van der Waals surface area (Å²) in [5.41, 5.74) is 4.75. The van der Waals surface area contributed by atoms with E-state index in [0.29, 0.717) is 0 Å². The molecule has 2 nitrogen and oxygen atoms in total. The summed E-state index contributed by atoms with van der Waals surface area (Å²) in [6.07, 6.45) is 1.02. The zero-order chi connectivity index (χ0) is 18.5. The van der Waals surface area contributed by atoms with Crippen molar-refractivity contribution >= 4 is 0 Å². The van der Waals surface area contributed by atoms with Crippen LogP contribution < -0.4 is 5.32 Å². The molecule has 3 aromatic carbocycles. The Kier molecular flexibility index (Phi) is 5.61. The van der Waals surface area contributed by atoms with E-state index >= 15 is 0 Å². The van der Waals surface area contributed by atoms with Gasteiger partial charge in [0.25, 0.3) is 0 Å². The molecule has 1 fully saturated rings. The van der Waals surface area contributed by atoms with E-state index in [0.717, 1.165) is 37.2 Å². The fourth-order valence-electron chi connectivity index (χ4n) is 3.85. The number of rotatable bonds is 5. The second kappa shape index (κ2) is 8.47. The van der Waals surface area contributed by atoms with Gasteiger partial charge in [-0.2, -0.15) is 0 Å². The van der Waals surface area contributed by atoms with E-state index in [4.69, 9.17) is 4.74 Å². The summed E-state index contributed by atoms with van der Waals surface area (Å²) in [4.78, 5) is 0. The number of morpholine rings is 1. The molecule has 1 saturated heterocycles. The average Bonchev–Trinajstić information content (AvgIpc) is 2.74. The van der Waals surface area contributed by atoms with Gasteiger partial charge in [0.2, 0.25) is 0 Å². The zero-order valence-electron chi connectivity index (χ0n) is 15.3. The van der Waals surface area contributed by atoms with Gasteiger partial charge >= 0.3 is 0 Å². The topological polar surface area (TPSA) is 21.3 Å². The highest BCUT2D eigenvalue weighted by Crippen LogP contribution is 2.32. The van der Waals surface area contributed by atoms with Gasteiger partial charge in [0.15, 0.2) is 0 Å². The van der Waals surface area contributed by atoms with Gasteiger partial charge in [0, 0.05) is 19.0 Å². The molecule has 2 atom stereocenters. The van der Waals surface area contributed by atoms with Crippen LogP contribution in [0.15, 0.2) is 78.9 Å². The molecule has 3 heteroatoms. The molecule has 4 rings (SSSR count). The summed E-state index contributed by atoms with van der Waals surface area (Å²) in [5.74, 6) is 0.0562. The van der Waals surface area contributed by atoms with Crippen molar-refractivity contribution in [3.8, 4) is 11.1 Å². The monoisotopic (exact) mass is 361 g/mol. The molecule has 27 heavy (non-hydrogen) atoms. The third-order valence-electron chi connectivity index (χ3n) is 5.25. The smallest absolute Gasteiger partial charge is 0.123 e. The van der Waals surface area contributed by atoms with E-state index in [1.165, 1.54) is 23.3 Å². The Labute approximate surface area is 160 Å². The Bertz CT molecular complexity index is 857. The largest absolute Gasteiger partial charge is 0.375 e. The highest BCUT2D eigenvalue weighted by molar-refractivity contribution is 5.67. The summed E-state index contributed by atoms with van der Waals surface area (Å²) in [6, 6.07) is 25.7. The minimum atomic E-state index is -0.208. The molecule has 0 amide bonds. The van der Waals surface area contributed by atoms with E-state index in [1.807, 2.05) is 24.3 Å². The van der Waals surface area contributed by atoms with Crippen LogP contribution in [0.3, 0.4) is 0 Å². The lowest BCUT2D eigenvalue weighted by atomic mass is 9.84. The first-order chi connectivity index (χ1) is 13.3. The molecule has 0 saturated carbocycles. The van der Waals surface area contributed by atoms with Crippen molar-refractivity contribution in [2.75, 3.05) is 19.7 Å². The quantitative estimate of drug-likeness (QED) is 0.704. The Morgan fingerprint density at radius 1 is 0.926 bits per heavy atom. The van der Waals surface area contributed by atoms with Crippen LogP contribution in [0.1, 0.15) is 17.0 Å². The average molecular weight is 361 g/mol. The fraction of sp³-hybridized carbons (Fsp3) is 0.250. The Hall–Kier alpha value is -2.49. The maximum Gasteiger partial charge on any atom is 0.123 e. The first-order valence-electron chi connectivity index (χ1n) is 9.52. The van der Waals surface area contributed by atoms with E-state index < -0.39 is 0 Å². The van der Waals surface area contributed by atoms with Gasteiger partial charge in [0.1, 0.15) is 5.82 Å². The van der Waals surface area contributed by atoms with Gasteiger partial charge < -0.3 is 10.1 Å². The second-order valence-corrected chi connectivity index (χ2v) is 7.00. The lowest BCUT2D eigenvalue weighted by Crippen LogP contribution is -2.42. The molecule has 1 N–H and O–H groups in total. The third kappa shape index (κ3) is 4.26. The van der Waals surface area contributed by atoms with Gasteiger partial charge in [-0.15, -0.1) is 0 Å². The van der Waals surface area contributed by atoms with Crippen molar-refractivity contribution < 1.29 is 9.13 Å². The first kappa shape index (κ1) is 17.9. The molecule has 0 bridgehead atoms. The van der Waals surface area contributed by atoms with Gasteiger partial charge in [-0.1, -0.05) is 66.7 Å². The Balaban J connectivity index is 1.68. The van der Waals surface area contributed by atoms with Crippen molar-refractivity contribution in [2.24, 2.45) is 0 Å². The summed E-state index contributed by atoms with van der Waals surface area (Å²) in [5, 5.41) is 3.46. The van der Waals surface area contributed by atoms with Crippen molar-refractivity contribution in [3.05, 3.63) is 95.8 Å². The molecule has 3 aromatic rings. The molecule has 0 aromatic heterocycles. The van der Waals surface area contributed by atoms with Crippen LogP contribution in [0.25, 0.3) is 11.1 Å². The van der Waals surface area contributed by atoms with E-state index in [1.54, 1.807) is 0 Å². The van der Waals surface area contributed by atoms with Crippen molar-refractivity contribution in [2.45, 2.75) is 18.4 Å². The molecule has 0 radical (unpaired) electrons. The molecule has 0 spiro atoms. The zero-order valence-corrected chi connectivity index (χ0v) is 15.3. The number of hydrogen-bond acceptors (Lipinski definition) is 2. The highest BCUT2D eigenvalue weighted by Gasteiger charge is 2.27.